The van der Waals surface area contributed by atoms with Crippen LogP contribution in [-0.4, -0.2) is 49.3 Å². The van der Waals surface area contributed by atoms with Crippen LogP contribution in [0, 0.1) is 5.82 Å². The number of urea groups is 1. The quantitative estimate of drug-likeness (QED) is 0.818. The molecule has 1 heterocycles. The van der Waals surface area contributed by atoms with E-state index in [1.807, 2.05) is 0 Å². The van der Waals surface area contributed by atoms with Crippen molar-refractivity contribution >= 4 is 17.6 Å². The summed E-state index contributed by atoms with van der Waals surface area (Å²) in [6.07, 6.45) is -5.61. The SMILES string of the molecule is O=C1CN(C(=O)Nc2ccc(F)cc2OCCC(F)(F)F)CCN1. The van der Waals surface area contributed by atoms with Gasteiger partial charge >= 0.3 is 12.2 Å². The molecule has 1 fully saturated rings. The minimum Gasteiger partial charge on any atom is -0.491 e. The molecule has 1 aromatic rings. The van der Waals surface area contributed by atoms with Crippen LogP contribution < -0.4 is 15.4 Å². The van der Waals surface area contributed by atoms with Crippen LogP contribution in [0.25, 0.3) is 0 Å². The van der Waals surface area contributed by atoms with Crippen molar-refractivity contribution in [2.45, 2.75) is 12.6 Å². The number of nitrogens with zero attached hydrogens (tertiary/aromatic N) is 1. The second kappa shape index (κ2) is 7.37. The molecular weight excluding hydrogens is 334 g/mol. The number of ether oxygens (including phenoxy) is 1. The summed E-state index contributed by atoms with van der Waals surface area (Å²) in [5, 5.41) is 4.96. The van der Waals surface area contributed by atoms with Gasteiger partial charge in [-0.05, 0) is 12.1 Å². The fraction of sp³-hybridized carbons (Fsp3) is 0.429. The molecule has 3 amide bonds. The molecule has 2 N–H and O–H groups in total. The van der Waals surface area contributed by atoms with Gasteiger partial charge in [0.25, 0.3) is 0 Å². The molecule has 0 bridgehead atoms. The van der Waals surface area contributed by atoms with E-state index in [0.29, 0.717) is 6.54 Å². The molecule has 0 spiro atoms. The maximum absolute atomic E-state index is 13.3. The van der Waals surface area contributed by atoms with Crippen molar-refractivity contribution in [1.82, 2.24) is 10.2 Å². The van der Waals surface area contributed by atoms with Crippen LogP contribution in [0.15, 0.2) is 18.2 Å². The molecule has 0 radical (unpaired) electrons. The fourth-order valence-electron chi connectivity index (χ4n) is 2.00. The molecule has 0 saturated carbocycles. The minimum atomic E-state index is -4.40. The van der Waals surface area contributed by atoms with Crippen molar-refractivity contribution in [3.05, 3.63) is 24.0 Å². The van der Waals surface area contributed by atoms with E-state index in [-0.39, 0.29) is 30.4 Å². The number of amides is 3. The molecule has 1 aromatic carbocycles. The molecule has 0 aliphatic carbocycles. The first kappa shape index (κ1) is 17.8. The summed E-state index contributed by atoms with van der Waals surface area (Å²) < 4.78 is 54.7. The average molecular weight is 349 g/mol. The van der Waals surface area contributed by atoms with Gasteiger partial charge in [0.2, 0.25) is 5.91 Å². The van der Waals surface area contributed by atoms with Crippen LogP contribution in [-0.2, 0) is 4.79 Å². The van der Waals surface area contributed by atoms with Gasteiger partial charge in [-0.25, -0.2) is 9.18 Å². The monoisotopic (exact) mass is 349 g/mol. The van der Waals surface area contributed by atoms with E-state index < -0.39 is 31.1 Å². The molecule has 1 saturated heterocycles. The van der Waals surface area contributed by atoms with E-state index in [2.05, 4.69) is 10.6 Å². The number of halogens is 4. The van der Waals surface area contributed by atoms with Gasteiger partial charge in [0.15, 0.2) is 0 Å². The number of benzene rings is 1. The van der Waals surface area contributed by atoms with Crippen LogP contribution in [0.1, 0.15) is 6.42 Å². The summed E-state index contributed by atoms with van der Waals surface area (Å²) >= 11 is 0. The molecular formula is C14H15F4N3O3. The first-order chi connectivity index (χ1) is 11.2. The molecule has 0 unspecified atom stereocenters. The minimum absolute atomic E-state index is 0.0227. The highest BCUT2D eigenvalue weighted by molar-refractivity contribution is 5.94. The van der Waals surface area contributed by atoms with Gasteiger partial charge in [-0.15, -0.1) is 0 Å². The van der Waals surface area contributed by atoms with Crippen molar-refractivity contribution in [1.29, 1.82) is 0 Å². The van der Waals surface area contributed by atoms with Crippen molar-refractivity contribution in [3.63, 3.8) is 0 Å². The van der Waals surface area contributed by atoms with E-state index in [4.69, 9.17) is 4.74 Å². The Hall–Kier alpha value is -2.52. The molecule has 24 heavy (non-hydrogen) atoms. The van der Waals surface area contributed by atoms with Crippen molar-refractivity contribution in [2.24, 2.45) is 0 Å². The van der Waals surface area contributed by atoms with E-state index in [1.165, 1.54) is 11.0 Å². The second-order valence-corrected chi connectivity index (χ2v) is 5.06. The molecule has 1 aliphatic rings. The molecule has 0 aromatic heterocycles. The zero-order valence-electron chi connectivity index (χ0n) is 12.5. The van der Waals surface area contributed by atoms with Crippen molar-refractivity contribution in [2.75, 3.05) is 31.6 Å². The summed E-state index contributed by atoms with van der Waals surface area (Å²) in [6.45, 7) is -0.271. The number of anilines is 1. The van der Waals surface area contributed by atoms with E-state index >= 15 is 0 Å². The Morgan fingerprint density at radius 3 is 2.79 bits per heavy atom. The zero-order valence-corrected chi connectivity index (χ0v) is 12.5. The summed E-state index contributed by atoms with van der Waals surface area (Å²) in [5.74, 6) is -1.25. The largest absolute Gasteiger partial charge is 0.491 e. The normalized spacial score (nSPS) is 15.0. The maximum Gasteiger partial charge on any atom is 0.392 e. The topological polar surface area (TPSA) is 70.7 Å². The average Bonchev–Trinajstić information content (AvgIpc) is 2.48. The van der Waals surface area contributed by atoms with Crippen LogP contribution in [0.2, 0.25) is 0 Å². The number of carbonyl (C=O) groups excluding carboxylic acids is 2. The van der Waals surface area contributed by atoms with Gasteiger partial charge in [-0.1, -0.05) is 0 Å². The molecule has 132 valence electrons. The fourth-order valence-corrected chi connectivity index (χ4v) is 2.00. The second-order valence-electron chi connectivity index (χ2n) is 5.06. The molecule has 6 nitrogen and oxygen atoms in total. The lowest BCUT2D eigenvalue weighted by atomic mass is 10.2. The number of hydrogen-bond acceptors (Lipinski definition) is 3. The number of piperazine rings is 1. The van der Waals surface area contributed by atoms with Gasteiger partial charge in [0, 0.05) is 19.2 Å². The van der Waals surface area contributed by atoms with Crippen LogP contribution >= 0.6 is 0 Å². The molecule has 1 aliphatic heterocycles. The first-order valence-electron chi connectivity index (χ1n) is 7.06. The number of carbonyl (C=O) groups is 2. The van der Waals surface area contributed by atoms with Crippen LogP contribution in [0.5, 0.6) is 5.75 Å². The predicted molar refractivity (Wildman–Crippen MR) is 76.2 cm³/mol. The first-order valence-corrected chi connectivity index (χ1v) is 7.06. The van der Waals surface area contributed by atoms with E-state index in [9.17, 15) is 27.2 Å². The summed E-state index contributed by atoms with van der Waals surface area (Å²) in [4.78, 5) is 24.6. The third kappa shape index (κ3) is 5.28. The Morgan fingerprint density at radius 2 is 2.12 bits per heavy atom. The molecule has 10 heteroatoms. The lowest BCUT2D eigenvalue weighted by Gasteiger charge is -2.27. The van der Waals surface area contributed by atoms with E-state index in [0.717, 1.165) is 12.1 Å². The summed E-state index contributed by atoms with van der Waals surface area (Å²) in [7, 11) is 0. The number of alkyl halides is 3. The standard InChI is InChI=1S/C14H15F4N3O3/c15-9-1-2-10(11(7-9)24-6-3-14(16,17)18)20-13(23)21-5-4-19-12(22)8-21/h1-2,7H,3-6,8H2,(H,19,22)(H,20,23). The van der Waals surface area contributed by atoms with Crippen molar-refractivity contribution in [3.8, 4) is 5.75 Å². The third-order valence-corrected chi connectivity index (χ3v) is 3.15. The molecule has 2 rings (SSSR count). The summed E-state index contributed by atoms with van der Waals surface area (Å²) in [6, 6.07) is 2.47. The number of hydrogen-bond donors (Lipinski definition) is 2. The lowest BCUT2D eigenvalue weighted by molar-refractivity contribution is -0.139. The highest BCUT2D eigenvalue weighted by Crippen LogP contribution is 2.27. The Morgan fingerprint density at radius 1 is 1.38 bits per heavy atom. The van der Waals surface area contributed by atoms with Gasteiger partial charge in [-0.3, -0.25) is 4.79 Å². The zero-order chi connectivity index (χ0) is 17.7. The van der Waals surface area contributed by atoms with E-state index in [1.54, 1.807) is 0 Å². The van der Waals surface area contributed by atoms with Gasteiger partial charge in [0.1, 0.15) is 18.1 Å². The third-order valence-electron chi connectivity index (χ3n) is 3.15. The van der Waals surface area contributed by atoms with Gasteiger partial charge < -0.3 is 20.3 Å². The van der Waals surface area contributed by atoms with Gasteiger partial charge in [0.05, 0.1) is 18.7 Å². The Balaban J connectivity index is 2.03. The highest BCUT2D eigenvalue weighted by Gasteiger charge is 2.27. The number of nitrogens with one attached hydrogen (secondary N) is 2. The molecule has 0 atom stereocenters. The number of rotatable bonds is 4. The maximum atomic E-state index is 13.3. The lowest BCUT2D eigenvalue weighted by Crippen LogP contribution is -2.51. The Bertz CT molecular complexity index is 622. The summed E-state index contributed by atoms with van der Waals surface area (Å²) in [5.41, 5.74) is 0.0227. The Labute approximate surface area is 134 Å². The predicted octanol–water partition coefficient (Wildman–Crippen LogP) is 2.12. The smallest absolute Gasteiger partial charge is 0.392 e. The van der Waals surface area contributed by atoms with Crippen molar-refractivity contribution < 1.29 is 31.9 Å². The van der Waals surface area contributed by atoms with Crippen LogP contribution in [0.4, 0.5) is 28.0 Å². The van der Waals surface area contributed by atoms with Crippen LogP contribution in [0.3, 0.4) is 0 Å². The Kier molecular flexibility index (Phi) is 5.47. The highest BCUT2D eigenvalue weighted by atomic mass is 19.4. The van der Waals surface area contributed by atoms with Gasteiger partial charge in [-0.2, -0.15) is 13.2 Å².